The summed E-state index contributed by atoms with van der Waals surface area (Å²) in [5.74, 6) is -0.0917. The maximum Gasteiger partial charge on any atom is 0.239 e. The van der Waals surface area contributed by atoms with Crippen LogP contribution in [0.25, 0.3) is 0 Å². The number of hydrogen-bond acceptors (Lipinski definition) is 3. The van der Waals surface area contributed by atoms with Gasteiger partial charge in [-0.3, -0.25) is 9.59 Å². The third-order valence-electron chi connectivity index (χ3n) is 3.64. The summed E-state index contributed by atoms with van der Waals surface area (Å²) in [7, 11) is 0. The highest BCUT2D eigenvalue weighted by molar-refractivity contribution is 5.86. The maximum absolute atomic E-state index is 12.1. The van der Waals surface area contributed by atoms with Crippen molar-refractivity contribution in [3.63, 3.8) is 0 Å². The van der Waals surface area contributed by atoms with E-state index in [1.54, 1.807) is 0 Å². The summed E-state index contributed by atoms with van der Waals surface area (Å²) in [6.07, 6.45) is 2.83. The second kappa shape index (κ2) is 6.37. The zero-order chi connectivity index (χ0) is 14.6. The molecule has 0 heterocycles. The zero-order valence-electron chi connectivity index (χ0n) is 12.5. The molecule has 0 saturated heterocycles. The normalized spacial score (nSPS) is 27.7. The van der Waals surface area contributed by atoms with Crippen molar-refractivity contribution in [3.8, 4) is 0 Å². The molecule has 110 valence electrons. The molecular weight excluding hydrogens is 242 g/mol. The van der Waals surface area contributed by atoms with Crippen molar-refractivity contribution in [2.75, 3.05) is 6.54 Å². The van der Waals surface area contributed by atoms with E-state index in [0.29, 0.717) is 0 Å². The van der Waals surface area contributed by atoms with Gasteiger partial charge in [0.15, 0.2) is 0 Å². The Kier molecular flexibility index (Phi) is 5.35. The van der Waals surface area contributed by atoms with Crippen LogP contribution in [0.15, 0.2) is 0 Å². The van der Waals surface area contributed by atoms with Crippen LogP contribution in [0.4, 0.5) is 0 Å². The highest BCUT2D eigenvalue weighted by atomic mass is 16.2. The molecule has 2 amide bonds. The van der Waals surface area contributed by atoms with Crippen LogP contribution in [0.5, 0.6) is 0 Å². The molecule has 0 aromatic rings. The molecule has 0 aromatic heterocycles. The van der Waals surface area contributed by atoms with E-state index in [1.165, 1.54) is 0 Å². The fourth-order valence-electron chi connectivity index (χ4n) is 2.53. The molecule has 1 aliphatic carbocycles. The third kappa shape index (κ3) is 5.19. The number of hydrogen-bond donors (Lipinski definition) is 3. The minimum Gasteiger partial charge on any atom is -0.350 e. The van der Waals surface area contributed by atoms with Crippen molar-refractivity contribution < 1.29 is 9.59 Å². The monoisotopic (exact) mass is 269 g/mol. The average Bonchev–Trinajstić information content (AvgIpc) is 2.27. The highest BCUT2D eigenvalue weighted by Crippen LogP contribution is 2.28. The summed E-state index contributed by atoms with van der Waals surface area (Å²) in [5.41, 5.74) is 5.71. The first-order chi connectivity index (χ1) is 8.70. The number of carbonyl (C=O) groups is 2. The second-order valence-corrected chi connectivity index (χ2v) is 6.58. The van der Waals surface area contributed by atoms with Gasteiger partial charge in [0.25, 0.3) is 0 Å². The van der Waals surface area contributed by atoms with Gasteiger partial charge >= 0.3 is 0 Å². The molecule has 3 atom stereocenters. The van der Waals surface area contributed by atoms with Crippen molar-refractivity contribution in [2.24, 2.45) is 17.6 Å². The van der Waals surface area contributed by atoms with E-state index in [1.807, 2.05) is 27.7 Å². The van der Waals surface area contributed by atoms with Crippen LogP contribution >= 0.6 is 0 Å². The molecule has 0 spiro atoms. The second-order valence-electron chi connectivity index (χ2n) is 6.58. The van der Waals surface area contributed by atoms with Crippen LogP contribution in [0.3, 0.4) is 0 Å². The van der Waals surface area contributed by atoms with E-state index in [4.69, 9.17) is 5.73 Å². The number of rotatable bonds is 3. The Morgan fingerprint density at radius 2 is 1.89 bits per heavy atom. The van der Waals surface area contributed by atoms with Crippen LogP contribution in [0.2, 0.25) is 0 Å². The van der Waals surface area contributed by atoms with Gasteiger partial charge in [-0.05, 0) is 39.5 Å². The van der Waals surface area contributed by atoms with Crippen LogP contribution < -0.4 is 16.4 Å². The summed E-state index contributed by atoms with van der Waals surface area (Å²) in [4.78, 5) is 23.7. The Hall–Kier alpha value is -1.10. The van der Waals surface area contributed by atoms with Gasteiger partial charge in [-0.2, -0.15) is 0 Å². The molecule has 1 rings (SSSR count). The molecule has 3 unspecified atom stereocenters. The van der Waals surface area contributed by atoms with Gasteiger partial charge in [-0.1, -0.05) is 13.3 Å². The first-order valence-electron chi connectivity index (χ1n) is 7.05. The lowest BCUT2D eigenvalue weighted by Gasteiger charge is -2.32. The lowest BCUT2D eigenvalue weighted by molar-refractivity contribution is -0.131. The molecule has 0 bridgehead atoms. The number of amides is 2. The largest absolute Gasteiger partial charge is 0.350 e. The predicted molar refractivity (Wildman–Crippen MR) is 75.4 cm³/mol. The SMILES string of the molecule is CC1C(N)CCCC1C(=O)NCC(=O)NC(C)(C)C. The highest BCUT2D eigenvalue weighted by Gasteiger charge is 2.32. The molecule has 0 aliphatic heterocycles. The first kappa shape index (κ1) is 16.0. The summed E-state index contributed by atoms with van der Waals surface area (Å²) in [5, 5.41) is 5.54. The Balaban J connectivity index is 2.41. The van der Waals surface area contributed by atoms with Gasteiger partial charge < -0.3 is 16.4 Å². The summed E-state index contributed by atoms with van der Waals surface area (Å²) >= 11 is 0. The van der Waals surface area contributed by atoms with Crippen molar-refractivity contribution in [2.45, 2.75) is 58.5 Å². The Morgan fingerprint density at radius 3 is 2.47 bits per heavy atom. The van der Waals surface area contributed by atoms with Gasteiger partial charge in [0.05, 0.1) is 6.54 Å². The smallest absolute Gasteiger partial charge is 0.239 e. The van der Waals surface area contributed by atoms with Crippen LogP contribution in [0.1, 0.15) is 47.0 Å². The third-order valence-corrected chi connectivity index (χ3v) is 3.64. The van der Waals surface area contributed by atoms with E-state index in [-0.39, 0.29) is 41.8 Å². The molecular formula is C14H27N3O2. The standard InChI is InChI=1S/C14H27N3O2/c1-9-10(6-5-7-11(9)15)13(19)16-8-12(18)17-14(2,3)4/h9-11H,5-8,15H2,1-4H3,(H,16,19)(H,17,18). The van der Waals surface area contributed by atoms with E-state index in [9.17, 15) is 9.59 Å². The summed E-state index contributed by atoms with van der Waals surface area (Å²) < 4.78 is 0. The molecule has 1 fully saturated rings. The van der Waals surface area contributed by atoms with Gasteiger partial charge in [-0.15, -0.1) is 0 Å². The fourth-order valence-corrected chi connectivity index (χ4v) is 2.53. The quantitative estimate of drug-likeness (QED) is 0.708. The van der Waals surface area contributed by atoms with E-state index < -0.39 is 0 Å². The molecule has 0 radical (unpaired) electrons. The average molecular weight is 269 g/mol. The topological polar surface area (TPSA) is 84.2 Å². The van der Waals surface area contributed by atoms with Crippen LogP contribution in [-0.4, -0.2) is 29.9 Å². The Morgan fingerprint density at radius 1 is 1.26 bits per heavy atom. The first-order valence-corrected chi connectivity index (χ1v) is 7.05. The lowest BCUT2D eigenvalue weighted by atomic mass is 9.77. The molecule has 1 aliphatic rings. The molecule has 1 saturated carbocycles. The minimum atomic E-state index is -0.276. The van der Waals surface area contributed by atoms with Gasteiger partial charge in [0.2, 0.25) is 11.8 Å². The van der Waals surface area contributed by atoms with Gasteiger partial charge in [-0.25, -0.2) is 0 Å². The number of nitrogens with one attached hydrogen (secondary N) is 2. The zero-order valence-corrected chi connectivity index (χ0v) is 12.5. The van der Waals surface area contributed by atoms with E-state index in [2.05, 4.69) is 10.6 Å². The lowest BCUT2D eigenvalue weighted by Crippen LogP contribution is -2.49. The molecule has 4 N–H and O–H groups in total. The minimum absolute atomic E-state index is 0.0363. The Bertz CT molecular complexity index is 336. The summed E-state index contributed by atoms with van der Waals surface area (Å²) in [6.45, 7) is 7.79. The molecule has 5 nitrogen and oxygen atoms in total. The van der Waals surface area contributed by atoms with Crippen molar-refractivity contribution in [1.82, 2.24) is 10.6 Å². The maximum atomic E-state index is 12.1. The number of carbonyl (C=O) groups excluding carboxylic acids is 2. The molecule has 5 heteroatoms. The van der Waals surface area contributed by atoms with Crippen molar-refractivity contribution in [1.29, 1.82) is 0 Å². The Labute approximate surface area is 115 Å². The van der Waals surface area contributed by atoms with Crippen LogP contribution in [0, 0.1) is 11.8 Å². The summed E-state index contributed by atoms with van der Waals surface area (Å²) in [6, 6.07) is 0.0906. The fraction of sp³-hybridized carbons (Fsp3) is 0.857. The number of nitrogens with two attached hydrogens (primary N) is 1. The predicted octanol–water partition coefficient (Wildman–Crippen LogP) is 0.781. The molecule has 0 aromatic carbocycles. The molecule has 19 heavy (non-hydrogen) atoms. The van der Waals surface area contributed by atoms with Crippen LogP contribution in [-0.2, 0) is 9.59 Å². The van der Waals surface area contributed by atoms with E-state index in [0.717, 1.165) is 19.3 Å². The van der Waals surface area contributed by atoms with Crippen molar-refractivity contribution >= 4 is 11.8 Å². The van der Waals surface area contributed by atoms with Gasteiger partial charge in [0, 0.05) is 17.5 Å². The van der Waals surface area contributed by atoms with Gasteiger partial charge in [0.1, 0.15) is 0 Å². The van der Waals surface area contributed by atoms with Crippen molar-refractivity contribution in [3.05, 3.63) is 0 Å². The van der Waals surface area contributed by atoms with E-state index >= 15 is 0 Å².